The van der Waals surface area contributed by atoms with Gasteiger partial charge in [0.1, 0.15) is 0 Å². The van der Waals surface area contributed by atoms with Crippen molar-refractivity contribution in [2.24, 2.45) is 0 Å². The molecule has 2 nitrogen and oxygen atoms in total. The van der Waals surface area contributed by atoms with Crippen molar-refractivity contribution in [2.75, 3.05) is 13.6 Å². The third-order valence-electron chi connectivity index (χ3n) is 2.07. The molecule has 0 fully saturated rings. The summed E-state index contributed by atoms with van der Waals surface area (Å²) in [4.78, 5) is 13.6. The molecule has 1 amide bonds. The number of rotatable bonds is 5. The standard InChI is InChI=1S/C13H15NOTe/c1-3-4-8-11-14(2)13(15)16-12-9-6-5-7-10-12/h1,5-7,9-10H,4,8,11H2,2H3. The molecule has 1 aromatic carbocycles. The average molecular weight is 329 g/mol. The summed E-state index contributed by atoms with van der Waals surface area (Å²) < 4.78 is 1.45. The van der Waals surface area contributed by atoms with E-state index in [1.807, 2.05) is 37.4 Å². The molecule has 0 aromatic heterocycles. The van der Waals surface area contributed by atoms with Crippen molar-refractivity contribution in [3.8, 4) is 12.3 Å². The minimum absolute atomic E-state index is 0.272. The number of nitrogens with zero attached hydrogens (tertiary/aromatic N) is 1. The molecule has 0 N–H and O–H groups in total. The second-order valence-corrected chi connectivity index (χ2v) is 6.34. The summed E-state index contributed by atoms with van der Waals surface area (Å²) in [6.07, 6.45) is 6.80. The molecule has 0 aliphatic rings. The first kappa shape index (κ1) is 13.1. The third kappa shape index (κ3) is 4.71. The van der Waals surface area contributed by atoms with E-state index >= 15 is 0 Å². The number of amides is 1. The quantitative estimate of drug-likeness (QED) is 0.455. The second-order valence-electron chi connectivity index (χ2n) is 3.41. The zero-order chi connectivity index (χ0) is 11.8. The molecular weight excluding hydrogens is 314 g/mol. The number of benzene rings is 1. The first-order valence-electron chi connectivity index (χ1n) is 5.15. The zero-order valence-electron chi connectivity index (χ0n) is 9.35. The van der Waals surface area contributed by atoms with Crippen LogP contribution in [0.2, 0.25) is 0 Å². The molecule has 16 heavy (non-hydrogen) atoms. The van der Waals surface area contributed by atoms with Gasteiger partial charge in [-0.2, -0.15) is 0 Å². The van der Waals surface area contributed by atoms with Gasteiger partial charge in [0.15, 0.2) is 0 Å². The molecule has 0 bridgehead atoms. The van der Waals surface area contributed by atoms with Crippen molar-refractivity contribution in [1.82, 2.24) is 4.90 Å². The SMILES string of the molecule is C#CCCCN(C)C(=O)[Te]c1ccccc1. The molecule has 0 saturated heterocycles. The van der Waals surface area contributed by atoms with E-state index in [-0.39, 0.29) is 3.96 Å². The van der Waals surface area contributed by atoms with Gasteiger partial charge in [-0.1, -0.05) is 0 Å². The molecule has 0 saturated carbocycles. The van der Waals surface area contributed by atoms with Gasteiger partial charge in [0, 0.05) is 0 Å². The summed E-state index contributed by atoms with van der Waals surface area (Å²) in [5.41, 5.74) is 0. The maximum absolute atomic E-state index is 11.8. The van der Waals surface area contributed by atoms with E-state index in [1.54, 1.807) is 4.90 Å². The average Bonchev–Trinajstić information content (AvgIpc) is 2.30. The molecular formula is C13H15NOTe. The monoisotopic (exact) mass is 331 g/mol. The topological polar surface area (TPSA) is 20.3 Å². The summed E-state index contributed by atoms with van der Waals surface area (Å²) in [6, 6.07) is 9.97. The van der Waals surface area contributed by atoms with Gasteiger partial charge in [0.2, 0.25) is 0 Å². The molecule has 0 aliphatic heterocycles. The van der Waals surface area contributed by atoms with Crippen LogP contribution < -0.4 is 3.61 Å². The van der Waals surface area contributed by atoms with Gasteiger partial charge in [-0.25, -0.2) is 0 Å². The van der Waals surface area contributed by atoms with Gasteiger partial charge in [-0.05, 0) is 0 Å². The molecule has 0 radical (unpaired) electrons. The van der Waals surface area contributed by atoms with Crippen LogP contribution in [0, 0.1) is 12.3 Å². The number of carbonyl (C=O) groups is 1. The molecule has 0 unspecified atom stereocenters. The van der Waals surface area contributed by atoms with Crippen molar-refractivity contribution < 1.29 is 4.79 Å². The van der Waals surface area contributed by atoms with Crippen molar-refractivity contribution in [1.29, 1.82) is 0 Å². The van der Waals surface area contributed by atoms with Crippen LogP contribution >= 0.6 is 0 Å². The van der Waals surface area contributed by atoms with Gasteiger partial charge in [-0.15, -0.1) is 0 Å². The minimum atomic E-state index is -0.750. The fourth-order valence-electron chi connectivity index (χ4n) is 1.18. The van der Waals surface area contributed by atoms with Crippen molar-refractivity contribution in [3.63, 3.8) is 0 Å². The Morgan fingerprint density at radius 2 is 2.12 bits per heavy atom. The van der Waals surface area contributed by atoms with Crippen LogP contribution in [-0.4, -0.2) is 43.4 Å². The Bertz CT molecular complexity index is 369. The Balaban J connectivity index is 2.38. The molecule has 0 aliphatic carbocycles. The van der Waals surface area contributed by atoms with E-state index in [1.165, 1.54) is 3.61 Å². The number of hydrogen-bond acceptors (Lipinski definition) is 1. The van der Waals surface area contributed by atoms with Crippen LogP contribution in [0.4, 0.5) is 4.79 Å². The van der Waals surface area contributed by atoms with Gasteiger partial charge in [-0.3, -0.25) is 0 Å². The summed E-state index contributed by atoms with van der Waals surface area (Å²) in [5, 5.41) is 0. The third-order valence-corrected chi connectivity index (χ3v) is 4.91. The predicted octanol–water partition coefficient (Wildman–Crippen LogP) is 1.48. The van der Waals surface area contributed by atoms with E-state index in [4.69, 9.17) is 6.42 Å². The fraction of sp³-hybridized carbons (Fsp3) is 0.308. The van der Waals surface area contributed by atoms with Gasteiger partial charge in [0.25, 0.3) is 0 Å². The van der Waals surface area contributed by atoms with Gasteiger partial charge >= 0.3 is 107 Å². The summed E-state index contributed by atoms with van der Waals surface area (Å²) >= 11 is -0.750. The molecule has 0 atom stereocenters. The summed E-state index contributed by atoms with van der Waals surface area (Å²) in [6.45, 7) is 0.765. The Morgan fingerprint density at radius 1 is 1.44 bits per heavy atom. The van der Waals surface area contributed by atoms with E-state index < -0.39 is 20.9 Å². The Kier molecular flexibility index (Phi) is 6.01. The molecule has 0 spiro atoms. The number of hydrogen-bond donors (Lipinski definition) is 0. The van der Waals surface area contributed by atoms with Crippen molar-refractivity contribution >= 4 is 28.5 Å². The Labute approximate surface area is 107 Å². The predicted molar refractivity (Wildman–Crippen MR) is 67.9 cm³/mol. The van der Waals surface area contributed by atoms with Crippen molar-refractivity contribution in [3.05, 3.63) is 30.3 Å². The van der Waals surface area contributed by atoms with Crippen LogP contribution in [0.3, 0.4) is 0 Å². The Morgan fingerprint density at radius 3 is 2.75 bits per heavy atom. The van der Waals surface area contributed by atoms with Crippen LogP contribution in [0.15, 0.2) is 30.3 Å². The molecule has 0 heterocycles. The molecule has 1 rings (SSSR count). The van der Waals surface area contributed by atoms with Crippen LogP contribution in [0.1, 0.15) is 12.8 Å². The van der Waals surface area contributed by atoms with Crippen LogP contribution in [0.5, 0.6) is 0 Å². The van der Waals surface area contributed by atoms with E-state index in [2.05, 4.69) is 5.92 Å². The number of carbonyl (C=O) groups excluding carboxylic acids is 1. The normalized spacial score (nSPS) is 9.50. The first-order valence-corrected chi connectivity index (χ1v) is 7.48. The number of terminal acetylenes is 1. The van der Waals surface area contributed by atoms with Crippen LogP contribution in [-0.2, 0) is 0 Å². The Hall–Kier alpha value is -0.960. The molecule has 1 aromatic rings. The van der Waals surface area contributed by atoms with E-state index in [0.717, 1.165) is 19.4 Å². The van der Waals surface area contributed by atoms with Crippen molar-refractivity contribution in [2.45, 2.75) is 12.8 Å². The fourth-order valence-corrected chi connectivity index (χ4v) is 3.29. The van der Waals surface area contributed by atoms with E-state index in [0.29, 0.717) is 0 Å². The first-order chi connectivity index (χ1) is 7.74. The second kappa shape index (κ2) is 7.34. The summed E-state index contributed by atoms with van der Waals surface area (Å²) in [5.74, 6) is 2.58. The zero-order valence-corrected chi connectivity index (χ0v) is 11.7. The van der Waals surface area contributed by atoms with Gasteiger partial charge in [0.05, 0.1) is 0 Å². The number of unbranched alkanes of at least 4 members (excludes halogenated alkanes) is 1. The molecule has 84 valence electrons. The van der Waals surface area contributed by atoms with Gasteiger partial charge < -0.3 is 0 Å². The molecule has 3 heteroatoms. The van der Waals surface area contributed by atoms with Crippen LogP contribution in [0.25, 0.3) is 0 Å². The van der Waals surface area contributed by atoms with E-state index in [9.17, 15) is 4.79 Å². The summed E-state index contributed by atoms with van der Waals surface area (Å²) in [7, 11) is 1.85. The maximum atomic E-state index is 11.8.